The van der Waals surface area contributed by atoms with Gasteiger partial charge in [0.15, 0.2) is 16.1 Å². The molecule has 2 fully saturated rings. The lowest BCUT2D eigenvalue weighted by Gasteiger charge is -2.40. The predicted octanol–water partition coefficient (Wildman–Crippen LogP) is 4.95. The topological polar surface area (TPSA) is 41.9 Å². The van der Waals surface area contributed by atoms with Crippen molar-refractivity contribution in [2.75, 3.05) is 17.2 Å². The summed E-state index contributed by atoms with van der Waals surface area (Å²) in [6.07, 6.45) is 2.53. The molecule has 2 bridgehead atoms. The van der Waals surface area contributed by atoms with E-state index in [9.17, 15) is 4.39 Å². The Labute approximate surface area is 159 Å². The van der Waals surface area contributed by atoms with E-state index < -0.39 is 12.0 Å². The zero-order valence-electron chi connectivity index (χ0n) is 14.4. The third-order valence-corrected chi connectivity index (χ3v) is 6.98. The molecule has 0 radical (unpaired) electrons. The minimum absolute atomic E-state index is 0.0809. The van der Waals surface area contributed by atoms with Crippen molar-refractivity contribution in [2.45, 2.75) is 50.0 Å². The highest BCUT2D eigenvalue weighted by Gasteiger charge is 2.45. The molecule has 8 heteroatoms. The summed E-state index contributed by atoms with van der Waals surface area (Å²) in [6.45, 7) is 2.85. The van der Waals surface area contributed by atoms with Crippen molar-refractivity contribution in [3.63, 3.8) is 0 Å². The second-order valence-corrected chi connectivity index (χ2v) is 9.04. The first-order chi connectivity index (χ1) is 12.6. The number of piperidine rings is 1. The first-order valence-electron chi connectivity index (χ1n) is 9.17. The van der Waals surface area contributed by atoms with Gasteiger partial charge in [-0.15, -0.1) is 0 Å². The first-order valence-corrected chi connectivity index (χ1v) is 10.5. The molecule has 0 N–H and O–H groups in total. The lowest BCUT2D eigenvalue weighted by atomic mass is 9.87. The number of aromatic nitrogens is 3. The molecule has 2 aliphatic heterocycles. The van der Waals surface area contributed by atoms with Gasteiger partial charge in [0.2, 0.25) is 0 Å². The molecule has 1 saturated heterocycles. The van der Waals surface area contributed by atoms with Gasteiger partial charge in [-0.2, -0.15) is 0 Å². The average molecular weight is 397 g/mol. The zero-order valence-corrected chi connectivity index (χ0v) is 16.0. The summed E-state index contributed by atoms with van der Waals surface area (Å²) >= 11 is 7.43. The SMILES string of the molecule is CCSc1nc2c3c(nc(Cl)c(F)c3n1)[C@@H](F)C[C@@H]1[C@@H]3CC[C@@H](C3)CN21. The number of rotatable bonds is 2. The number of hydrogen-bond donors (Lipinski definition) is 0. The van der Waals surface area contributed by atoms with Gasteiger partial charge in [-0.05, 0) is 36.9 Å². The number of fused-ring (bicyclic) bond motifs is 5. The number of anilines is 1. The predicted molar refractivity (Wildman–Crippen MR) is 99.1 cm³/mol. The van der Waals surface area contributed by atoms with Gasteiger partial charge in [0.05, 0.1) is 11.1 Å². The molecule has 1 aliphatic carbocycles. The van der Waals surface area contributed by atoms with Crippen LogP contribution in [-0.4, -0.2) is 33.3 Å². The van der Waals surface area contributed by atoms with E-state index in [1.54, 1.807) is 0 Å². The third-order valence-electron chi connectivity index (χ3n) is 6.00. The largest absolute Gasteiger partial charge is 0.352 e. The van der Waals surface area contributed by atoms with Crippen molar-refractivity contribution < 1.29 is 8.78 Å². The second kappa shape index (κ2) is 6.16. The molecular formula is C18H19ClF2N4S. The van der Waals surface area contributed by atoms with Gasteiger partial charge in [0.1, 0.15) is 17.5 Å². The minimum Gasteiger partial charge on any atom is -0.352 e. The van der Waals surface area contributed by atoms with E-state index in [-0.39, 0.29) is 22.4 Å². The van der Waals surface area contributed by atoms with E-state index >= 15 is 4.39 Å². The molecule has 2 aromatic rings. The Balaban J connectivity index is 1.80. The van der Waals surface area contributed by atoms with E-state index in [0.29, 0.717) is 34.6 Å². The van der Waals surface area contributed by atoms with Crippen LogP contribution in [0.4, 0.5) is 14.6 Å². The van der Waals surface area contributed by atoms with Crippen LogP contribution in [0.1, 0.15) is 44.5 Å². The molecule has 0 amide bonds. The molecule has 4 nitrogen and oxygen atoms in total. The Hall–Kier alpha value is -1.21. The molecule has 4 heterocycles. The van der Waals surface area contributed by atoms with Crippen molar-refractivity contribution in [3.8, 4) is 0 Å². The van der Waals surface area contributed by atoms with Gasteiger partial charge >= 0.3 is 0 Å². The fourth-order valence-electron chi connectivity index (χ4n) is 4.94. The normalized spacial score (nSPS) is 29.8. The molecule has 2 aromatic heterocycles. The summed E-state index contributed by atoms with van der Waals surface area (Å²) in [6, 6.07) is 0.0809. The molecule has 0 aromatic carbocycles. The summed E-state index contributed by atoms with van der Waals surface area (Å²) in [5.74, 6) is 1.81. The van der Waals surface area contributed by atoms with E-state index in [2.05, 4.69) is 14.9 Å². The van der Waals surface area contributed by atoms with Gasteiger partial charge in [0, 0.05) is 19.0 Å². The quantitative estimate of drug-likeness (QED) is 0.408. The zero-order chi connectivity index (χ0) is 18.0. The van der Waals surface area contributed by atoms with Crippen LogP contribution in [0, 0.1) is 17.7 Å². The van der Waals surface area contributed by atoms with E-state index in [1.807, 2.05) is 6.92 Å². The number of pyridine rings is 1. The maximum atomic E-state index is 15.2. The molecule has 5 rings (SSSR count). The molecule has 0 unspecified atom stereocenters. The summed E-state index contributed by atoms with van der Waals surface area (Å²) in [5.41, 5.74) is 0.293. The molecular weight excluding hydrogens is 378 g/mol. The molecule has 26 heavy (non-hydrogen) atoms. The third kappa shape index (κ3) is 2.43. The summed E-state index contributed by atoms with van der Waals surface area (Å²) in [5, 5.41) is 0.605. The number of hydrogen-bond acceptors (Lipinski definition) is 5. The average Bonchev–Trinajstić information content (AvgIpc) is 2.97. The molecule has 4 atom stereocenters. The van der Waals surface area contributed by atoms with E-state index in [0.717, 1.165) is 25.1 Å². The highest BCUT2D eigenvalue weighted by molar-refractivity contribution is 7.99. The van der Waals surface area contributed by atoms with E-state index in [4.69, 9.17) is 16.6 Å². The summed E-state index contributed by atoms with van der Waals surface area (Å²) in [7, 11) is 0. The second-order valence-electron chi connectivity index (χ2n) is 7.45. The van der Waals surface area contributed by atoms with Crippen LogP contribution in [0.3, 0.4) is 0 Å². The van der Waals surface area contributed by atoms with Crippen LogP contribution in [0.25, 0.3) is 10.9 Å². The Kier molecular flexibility index (Phi) is 4.01. The maximum absolute atomic E-state index is 15.2. The minimum atomic E-state index is -1.28. The number of nitrogens with zero attached hydrogens (tertiary/aromatic N) is 4. The van der Waals surface area contributed by atoms with Crippen molar-refractivity contribution in [2.24, 2.45) is 11.8 Å². The standard InChI is InChI=1S/C18H19ClF2N4S/c1-2-26-18-23-15-12-14(22-16(19)13(15)21)10(20)6-11-9-4-3-8(5-9)7-25(11)17(12)24-18/h8-11H,2-7H2,1H3/t8-,9+,10-,11+/m0/s1. The van der Waals surface area contributed by atoms with Crippen LogP contribution in [0.2, 0.25) is 5.15 Å². The van der Waals surface area contributed by atoms with Gasteiger partial charge in [-0.25, -0.2) is 23.7 Å². The smallest absolute Gasteiger partial charge is 0.190 e. The lowest BCUT2D eigenvalue weighted by molar-refractivity contribution is 0.239. The molecule has 3 aliphatic rings. The monoisotopic (exact) mass is 396 g/mol. The lowest BCUT2D eigenvalue weighted by Crippen LogP contribution is -2.46. The number of halogens is 3. The Morgan fingerprint density at radius 3 is 2.88 bits per heavy atom. The molecule has 138 valence electrons. The molecule has 1 saturated carbocycles. The fraction of sp³-hybridized carbons (Fsp3) is 0.611. The number of alkyl halides is 1. The van der Waals surface area contributed by atoms with Crippen molar-refractivity contribution in [1.29, 1.82) is 0 Å². The van der Waals surface area contributed by atoms with E-state index in [1.165, 1.54) is 18.2 Å². The van der Waals surface area contributed by atoms with Crippen molar-refractivity contribution in [3.05, 3.63) is 16.7 Å². The maximum Gasteiger partial charge on any atom is 0.190 e. The fourth-order valence-corrected chi connectivity index (χ4v) is 5.69. The Morgan fingerprint density at radius 1 is 1.23 bits per heavy atom. The van der Waals surface area contributed by atoms with Crippen LogP contribution in [0.15, 0.2) is 5.16 Å². The number of thioether (sulfide) groups is 1. The van der Waals surface area contributed by atoms with Crippen LogP contribution in [0.5, 0.6) is 0 Å². The van der Waals surface area contributed by atoms with Crippen molar-refractivity contribution >= 4 is 40.1 Å². The van der Waals surface area contributed by atoms with Gasteiger partial charge in [-0.1, -0.05) is 30.3 Å². The summed E-state index contributed by atoms with van der Waals surface area (Å²) in [4.78, 5) is 15.4. The Bertz CT molecular complexity index is 895. The van der Waals surface area contributed by atoms with Crippen LogP contribution in [-0.2, 0) is 0 Å². The van der Waals surface area contributed by atoms with Gasteiger partial charge in [-0.3, -0.25) is 0 Å². The highest BCUT2D eigenvalue weighted by atomic mass is 35.5. The summed E-state index contributed by atoms with van der Waals surface area (Å²) < 4.78 is 30.0. The van der Waals surface area contributed by atoms with Crippen molar-refractivity contribution in [1.82, 2.24) is 15.0 Å². The Morgan fingerprint density at radius 2 is 2.08 bits per heavy atom. The van der Waals surface area contributed by atoms with Gasteiger partial charge < -0.3 is 4.90 Å². The highest BCUT2D eigenvalue weighted by Crippen LogP contribution is 2.49. The van der Waals surface area contributed by atoms with Crippen LogP contribution >= 0.6 is 23.4 Å². The molecule has 0 spiro atoms. The van der Waals surface area contributed by atoms with Crippen LogP contribution < -0.4 is 4.90 Å². The first kappa shape index (κ1) is 16.9. The van der Waals surface area contributed by atoms with Gasteiger partial charge in [0.25, 0.3) is 0 Å².